The molecule has 0 aromatic heterocycles. The van der Waals surface area contributed by atoms with Crippen LogP contribution in [0.2, 0.25) is 10.0 Å². The van der Waals surface area contributed by atoms with E-state index in [9.17, 15) is 0 Å². The van der Waals surface area contributed by atoms with E-state index < -0.39 is 0 Å². The molecule has 0 spiro atoms. The van der Waals surface area contributed by atoms with Crippen molar-refractivity contribution in [1.82, 2.24) is 5.32 Å². The fraction of sp³-hybridized carbons (Fsp3) is 0.500. The molecule has 94 valence electrons. The maximum Gasteiger partial charge on any atom is 0.0719 e. The first-order valence-corrected chi connectivity index (χ1v) is 7.31. The van der Waals surface area contributed by atoms with Gasteiger partial charge in [-0.3, -0.25) is 0 Å². The van der Waals surface area contributed by atoms with Gasteiger partial charge >= 0.3 is 0 Å². The minimum absolute atomic E-state index is 0.652. The average molecular weight is 338 g/mol. The Morgan fingerprint density at radius 1 is 1.35 bits per heavy atom. The van der Waals surface area contributed by atoms with Gasteiger partial charge in [0.1, 0.15) is 0 Å². The number of benzene rings is 1. The average Bonchev–Trinajstić information content (AvgIpc) is 2.29. The highest BCUT2D eigenvalue weighted by molar-refractivity contribution is 9.10. The summed E-state index contributed by atoms with van der Waals surface area (Å²) in [7, 11) is 0. The van der Waals surface area contributed by atoms with Gasteiger partial charge in [0.15, 0.2) is 0 Å². The van der Waals surface area contributed by atoms with Gasteiger partial charge in [0.2, 0.25) is 0 Å². The molecule has 1 aromatic rings. The highest BCUT2D eigenvalue weighted by Crippen LogP contribution is 2.34. The summed E-state index contributed by atoms with van der Waals surface area (Å²) >= 11 is 15.7. The summed E-state index contributed by atoms with van der Waals surface area (Å²) in [6.07, 6.45) is 2.50. The van der Waals surface area contributed by atoms with E-state index >= 15 is 0 Å². The van der Waals surface area contributed by atoms with Crippen LogP contribution in [0.1, 0.15) is 12.8 Å². The van der Waals surface area contributed by atoms with Gasteiger partial charge in [-0.2, -0.15) is 0 Å². The highest BCUT2D eigenvalue weighted by Gasteiger charge is 2.14. The van der Waals surface area contributed by atoms with Gasteiger partial charge in [0.25, 0.3) is 0 Å². The van der Waals surface area contributed by atoms with Gasteiger partial charge in [-0.05, 0) is 44.0 Å². The van der Waals surface area contributed by atoms with Gasteiger partial charge in [0, 0.05) is 11.0 Å². The number of anilines is 1. The molecule has 0 bridgehead atoms. The van der Waals surface area contributed by atoms with E-state index in [1.165, 1.54) is 12.8 Å². The Bertz CT molecular complexity index is 369. The largest absolute Gasteiger partial charge is 0.382 e. The Hall–Kier alpha value is 0.0400. The van der Waals surface area contributed by atoms with Crippen LogP contribution >= 0.6 is 39.1 Å². The molecule has 1 heterocycles. The van der Waals surface area contributed by atoms with Crippen molar-refractivity contribution >= 4 is 44.8 Å². The summed E-state index contributed by atoms with van der Waals surface area (Å²) in [5.74, 6) is 0.652. The number of rotatable bonds is 3. The van der Waals surface area contributed by atoms with Crippen molar-refractivity contribution in [2.75, 3.05) is 25.0 Å². The van der Waals surface area contributed by atoms with Crippen LogP contribution < -0.4 is 10.6 Å². The fourth-order valence-electron chi connectivity index (χ4n) is 2.06. The molecule has 17 heavy (non-hydrogen) atoms. The molecule has 1 aliphatic heterocycles. The molecule has 0 radical (unpaired) electrons. The third kappa shape index (κ3) is 3.75. The second-order valence-electron chi connectivity index (χ2n) is 4.34. The molecule has 1 aliphatic rings. The zero-order valence-corrected chi connectivity index (χ0v) is 12.5. The maximum atomic E-state index is 6.16. The van der Waals surface area contributed by atoms with Crippen molar-refractivity contribution in [3.8, 4) is 0 Å². The number of halogens is 3. The van der Waals surface area contributed by atoms with Crippen LogP contribution in [0.4, 0.5) is 5.69 Å². The van der Waals surface area contributed by atoms with E-state index in [4.69, 9.17) is 23.2 Å². The Labute approximate surface area is 120 Å². The van der Waals surface area contributed by atoms with Crippen molar-refractivity contribution in [1.29, 1.82) is 0 Å². The Morgan fingerprint density at radius 3 is 2.65 bits per heavy atom. The van der Waals surface area contributed by atoms with Gasteiger partial charge in [-0.1, -0.05) is 39.1 Å². The zero-order valence-electron chi connectivity index (χ0n) is 9.40. The van der Waals surface area contributed by atoms with E-state index in [0.717, 1.165) is 29.8 Å². The molecule has 0 aliphatic carbocycles. The quantitative estimate of drug-likeness (QED) is 0.865. The lowest BCUT2D eigenvalue weighted by molar-refractivity contribution is 0.393. The molecule has 1 unspecified atom stereocenters. The highest BCUT2D eigenvalue weighted by atomic mass is 79.9. The van der Waals surface area contributed by atoms with Crippen LogP contribution in [-0.4, -0.2) is 19.6 Å². The second kappa shape index (κ2) is 6.28. The van der Waals surface area contributed by atoms with Crippen molar-refractivity contribution in [3.63, 3.8) is 0 Å². The van der Waals surface area contributed by atoms with Crippen LogP contribution in [0, 0.1) is 5.92 Å². The molecule has 1 saturated heterocycles. The first-order chi connectivity index (χ1) is 8.16. The lowest BCUT2D eigenvalue weighted by atomic mass is 10.00. The number of hydrogen-bond donors (Lipinski definition) is 2. The molecular formula is C12H15BrCl2N2. The number of hydrogen-bond acceptors (Lipinski definition) is 2. The number of nitrogens with one attached hydrogen (secondary N) is 2. The minimum Gasteiger partial charge on any atom is -0.382 e. The van der Waals surface area contributed by atoms with Crippen LogP contribution in [0.15, 0.2) is 16.6 Å². The minimum atomic E-state index is 0.652. The molecule has 0 saturated carbocycles. The first kappa shape index (κ1) is 13.5. The predicted octanol–water partition coefficient (Wildman–Crippen LogP) is 4.17. The summed E-state index contributed by atoms with van der Waals surface area (Å²) in [5, 5.41) is 8.07. The zero-order chi connectivity index (χ0) is 12.3. The van der Waals surface area contributed by atoms with Gasteiger partial charge in [-0.15, -0.1) is 0 Å². The number of piperidine rings is 1. The monoisotopic (exact) mass is 336 g/mol. The van der Waals surface area contributed by atoms with Crippen LogP contribution in [0.25, 0.3) is 0 Å². The van der Waals surface area contributed by atoms with E-state index in [2.05, 4.69) is 26.6 Å². The SMILES string of the molecule is Clc1cc(Br)cc(Cl)c1NCC1CCCNC1. The molecule has 2 N–H and O–H groups in total. The lowest BCUT2D eigenvalue weighted by Gasteiger charge is -2.24. The van der Waals surface area contributed by atoms with Gasteiger partial charge in [0.05, 0.1) is 15.7 Å². The summed E-state index contributed by atoms with van der Waals surface area (Å²) in [6.45, 7) is 3.11. The van der Waals surface area contributed by atoms with Crippen molar-refractivity contribution in [2.45, 2.75) is 12.8 Å². The van der Waals surface area contributed by atoms with Crippen molar-refractivity contribution in [2.24, 2.45) is 5.92 Å². The summed E-state index contributed by atoms with van der Waals surface area (Å²) in [6, 6.07) is 3.71. The molecular weight excluding hydrogens is 323 g/mol. The molecule has 0 amide bonds. The second-order valence-corrected chi connectivity index (χ2v) is 6.07. The molecule has 2 rings (SSSR count). The standard InChI is InChI=1S/C12H15BrCl2N2/c13-9-4-10(14)12(11(15)5-9)17-7-8-2-1-3-16-6-8/h4-5,8,16-17H,1-3,6-7H2. The van der Waals surface area contributed by atoms with Crippen LogP contribution in [-0.2, 0) is 0 Å². The summed E-state index contributed by atoms with van der Waals surface area (Å²) in [5.41, 5.74) is 0.835. The molecule has 2 nitrogen and oxygen atoms in total. The Kier molecular flexibility index (Phi) is 4.97. The predicted molar refractivity (Wildman–Crippen MR) is 78.2 cm³/mol. The lowest BCUT2D eigenvalue weighted by Crippen LogP contribution is -2.33. The Morgan fingerprint density at radius 2 is 2.06 bits per heavy atom. The summed E-state index contributed by atoms with van der Waals surface area (Å²) in [4.78, 5) is 0. The van der Waals surface area contributed by atoms with Crippen molar-refractivity contribution < 1.29 is 0 Å². The molecule has 1 atom stereocenters. The first-order valence-electron chi connectivity index (χ1n) is 5.76. The third-order valence-corrected chi connectivity index (χ3v) is 4.03. The van der Waals surface area contributed by atoms with Gasteiger partial charge < -0.3 is 10.6 Å². The fourth-order valence-corrected chi connectivity index (χ4v) is 3.40. The van der Waals surface area contributed by atoms with E-state index in [1.807, 2.05) is 12.1 Å². The third-order valence-electron chi connectivity index (χ3n) is 2.97. The van der Waals surface area contributed by atoms with Crippen LogP contribution in [0.5, 0.6) is 0 Å². The van der Waals surface area contributed by atoms with E-state index in [0.29, 0.717) is 16.0 Å². The van der Waals surface area contributed by atoms with Gasteiger partial charge in [-0.25, -0.2) is 0 Å². The summed E-state index contributed by atoms with van der Waals surface area (Å²) < 4.78 is 0.900. The van der Waals surface area contributed by atoms with E-state index in [1.54, 1.807) is 0 Å². The molecule has 1 fully saturated rings. The molecule has 1 aromatic carbocycles. The van der Waals surface area contributed by atoms with Crippen LogP contribution in [0.3, 0.4) is 0 Å². The Balaban J connectivity index is 1.98. The topological polar surface area (TPSA) is 24.1 Å². The van der Waals surface area contributed by atoms with Crippen molar-refractivity contribution in [3.05, 3.63) is 26.7 Å². The normalized spacial score (nSPS) is 20.3. The maximum absolute atomic E-state index is 6.16. The molecule has 5 heteroatoms. The van der Waals surface area contributed by atoms with E-state index in [-0.39, 0.29) is 0 Å². The smallest absolute Gasteiger partial charge is 0.0719 e.